The predicted molar refractivity (Wildman–Crippen MR) is 92.7 cm³/mol. The number of aliphatic imine (C=N–C) groups is 1. The van der Waals surface area contributed by atoms with Crippen LogP contribution in [0.2, 0.25) is 0 Å². The van der Waals surface area contributed by atoms with E-state index in [2.05, 4.69) is 15.0 Å². The largest absolute Gasteiger partial charge is 0.573 e. The van der Waals surface area contributed by atoms with E-state index in [4.69, 9.17) is 4.42 Å². The number of furan rings is 1. The molecular formula is C17H11F3N2O4S. The summed E-state index contributed by atoms with van der Waals surface area (Å²) >= 11 is 1.00. The van der Waals surface area contributed by atoms with Crippen LogP contribution in [0.15, 0.2) is 50.7 Å². The van der Waals surface area contributed by atoms with Crippen molar-refractivity contribution in [3.05, 3.63) is 47.1 Å². The molecule has 1 N–H and O–H groups in total. The Balaban J connectivity index is 1.72. The maximum Gasteiger partial charge on any atom is 0.573 e. The van der Waals surface area contributed by atoms with Gasteiger partial charge in [-0.1, -0.05) is 0 Å². The van der Waals surface area contributed by atoms with Crippen LogP contribution in [-0.4, -0.2) is 23.3 Å². The fraction of sp³-hybridized carbons (Fsp3) is 0.118. The highest BCUT2D eigenvalue weighted by Gasteiger charge is 2.31. The Bertz CT molecular complexity index is 946. The molecule has 0 bridgehead atoms. The number of thioether (sulfide) groups is 1. The van der Waals surface area contributed by atoms with Gasteiger partial charge < -0.3 is 14.5 Å². The lowest BCUT2D eigenvalue weighted by molar-refractivity contribution is -0.274. The van der Waals surface area contributed by atoms with Crippen molar-refractivity contribution < 1.29 is 31.9 Å². The van der Waals surface area contributed by atoms with Crippen molar-refractivity contribution in [2.75, 3.05) is 0 Å². The number of carbonyl (C=O) groups excluding carboxylic acids is 2. The average Bonchev–Trinajstić information content (AvgIpc) is 3.14. The third-order valence-corrected chi connectivity index (χ3v) is 4.08. The number of amidine groups is 1. The molecule has 0 saturated carbocycles. The Kier molecular flexibility index (Phi) is 5.08. The maximum atomic E-state index is 12.2. The first-order chi connectivity index (χ1) is 12.7. The topological polar surface area (TPSA) is 80.9 Å². The monoisotopic (exact) mass is 396 g/mol. The standard InChI is InChI=1S/C17H11F3N2O4S/c1-9(23)21-16-22-15(24)14(27-16)8-12-6-7-13(25-12)10-2-4-11(5-3-10)26-17(18,19)20/h2-8H,1H3,(H,21,22,23,24)/b14-8-. The van der Waals surface area contributed by atoms with Crippen LogP contribution in [-0.2, 0) is 9.59 Å². The number of benzene rings is 1. The van der Waals surface area contributed by atoms with Crippen molar-refractivity contribution in [3.8, 4) is 17.1 Å². The zero-order valence-electron chi connectivity index (χ0n) is 13.7. The molecule has 1 aromatic carbocycles. The van der Waals surface area contributed by atoms with Crippen molar-refractivity contribution >= 4 is 34.8 Å². The van der Waals surface area contributed by atoms with E-state index in [9.17, 15) is 22.8 Å². The number of hydrogen-bond donors (Lipinski definition) is 1. The molecule has 0 radical (unpaired) electrons. The van der Waals surface area contributed by atoms with Gasteiger partial charge in [0.2, 0.25) is 5.91 Å². The smallest absolute Gasteiger partial charge is 0.457 e. The summed E-state index contributed by atoms with van der Waals surface area (Å²) in [5.41, 5.74) is 0.537. The van der Waals surface area contributed by atoms with E-state index in [1.165, 1.54) is 37.3 Å². The Morgan fingerprint density at radius 2 is 1.93 bits per heavy atom. The summed E-state index contributed by atoms with van der Waals surface area (Å²) < 4.78 is 46.0. The molecule has 3 rings (SSSR count). The van der Waals surface area contributed by atoms with E-state index in [-0.39, 0.29) is 21.7 Å². The minimum Gasteiger partial charge on any atom is -0.457 e. The first-order valence-electron chi connectivity index (χ1n) is 7.46. The molecule has 1 aromatic heterocycles. The highest BCUT2D eigenvalue weighted by Crippen LogP contribution is 2.31. The number of halogens is 3. The second-order valence-electron chi connectivity index (χ2n) is 5.29. The third-order valence-electron chi connectivity index (χ3n) is 3.18. The number of amides is 2. The molecule has 6 nitrogen and oxygen atoms in total. The number of nitrogens with one attached hydrogen (secondary N) is 1. The van der Waals surface area contributed by atoms with Gasteiger partial charge in [0, 0.05) is 18.6 Å². The van der Waals surface area contributed by atoms with Gasteiger partial charge in [0.25, 0.3) is 5.91 Å². The van der Waals surface area contributed by atoms with Crippen LogP contribution in [0.25, 0.3) is 17.4 Å². The van der Waals surface area contributed by atoms with Crippen LogP contribution in [0.5, 0.6) is 5.75 Å². The number of nitrogens with zero attached hydrogens (tertiary/aromatic N) is 1. The molecule has 0 saturated heterocycles. The van der Waals surface area contributed by atoms with Gasteiger partial charge in [-0.3, -0.25) is 9.59 Å². The number of hydrogen-bond acceptors (Lipinski definition) is 5. The summed E-state index contributed by atoms with van der Waals surface area (Å²) in [5, 5.41) is 2.62. The van der Waals surface area contributed by atoms with Gasteiger partial charge in [0.1, 0.15) is 17.3 Å². The van der Waals surface area contributed by atoms with Crippen LogP contribution in [0.1, 0.15) is 12.7 Å². The zero-order chi connectivity index (χ0) is 19.6. The van der Waals surface area contributed by atoms with E-state index in [1.54, 1.807) is 12.1 Å². The van der Waals surface area contributed by atoms with E-state index in [0.29, 0.717) is 17.1 Å². The summed E-state index contributed by atoms with van der Waals surface area (Å²) in [6, 6.07) is 8.41. The highest BCUT2D eigenvalue weighted by atomic mass is 32.2. The lowest BCUT2D eigenvalue weighted by atomic mass is 10.2. The highest BCUT2D eigenvalue weighted by molar-refractivity contribution is 8.18. The Hall–Kier alpha value is -3.01. The minimum atomic E-state index is -4.75. The molecule has 0 spiro atoms. The SMILES string of the molecule is CC(=O)NC1=NC(=O)/C(=C/c2ccc(-c3ccc(OC(F)(F)F)cc3)o2)S1. The molecule has 0 unspecified atom stereocenters. The van der Waals surface area contributed by atoms with Crippen LogP contribution in [0.3, 0.4) is 0 Å². The Morgan fingerprint density at radius 1 is 1.22 bits per heavy atom. The van der Waals surface area contributed by atoms with Crippen molar-refractivity contribution in [2.24, 2.45) is 4.99 Å². The molecule has 0 atom stereocenters. The average molecular weight is 396 g/mol. The van der Waals surface area contributed by atoms with Gasteiger partial charge in [-0.2, -0.15) is 4.99 Å². The van der Waals surface area contributed by atoms with Crippen LogP contribution < -0.4 is 10.1 Å². The van der Waals surface area contributed by atoms with Crippen molar-refractivity contribution in [3.63, 3.8) is 0 Å². The van der Waals surface area contributed by atoms with E-state index < -0.39 is 12.3 Å². The summed E-state index contributed by atoms with van der Waals surface area (Å²) in [5.74, 6) is -0.422. The van der Waals surface area contributed by atoms with E-state index in [1.807, 2.05) is 0 Å². The molecule has 1 aliphatic heterocycles. The lowest BCUT2D eigenvalue weighted by Crippen LogP contribution is -2.23. The second-order valence-corrected chi connectivity index (χ2v) is 6.32. The zero-order valence-corrected chi connectivity index (χ0v) is 14.5. The van der Waals surface area contributed by atoms with Gasteiger partial charge >= 0.3 is 6.36 Å². The quantitative estimate of drug-likeness (QED) is 0.795. The fourth-order valence-electron chi connectivity index (χ4n) is 2.15. The third kappa shape index (κ3) is 5.00. The molecule has 2 aromatic rings. The Labute approximate surface area is 155 Å². The van der Waals surface area contributed by atoms with Crippen molar-refractivity contribution in [1.29, 1.82) is 0 Å². The van der Waals surface area contributed by atoms with E-state index >= 15 is 0 Å². The summed E-state index contributed by atoms with van der Waals surface area (Å²) in [6.07, 6.45) is -3.29. The molecule has 10 heteroatoms. The molecule has 0 aliphatic carbocycles. The van der Waals surface area contributed by atoms with Crippen LogP contribution in [0, 0.1) is 0 Å². The summed E-state index contributed by atoms with van der Waals surface area (Å²) in [4.78, 5) is 26.8. The van der Waals surface area contributed by atoms with Crippen molar-refractivity contribution in [1.82, 2.24) is 5.32 Å². The maximum absolute atomic E-state index is 12.2. The van der Waals surface area contributed by atoms with Gasteiger partial charge in [-0.15, -0.1) is 13.2 Å². The number of rotatable bonds is 3. The van der Waals surface area contributed by atoms with Gasteiger partial charge in [-0.25, -0.2) is 0 Å². The van der Waals surface area contributed by atoms with Gasteiger partial charge in [0.05, 0.1) is 4.91 Å². The summed E-state index contributed by atoms with van der Waals surface area (Å²) in [7, 11) is 0. The predicted octanol–water partition coefficient (Wildman–Crippen LogP) is 3.95. The molecule has 27 heavy (non-hydrogen) atoms. The normalized spacial score (nSPS) is 15.8. The lowest BCUT2D eigenvalue weighted by Gasteiger charge is -2.08. The minimum absolute atomic E-state index is 0.186. The summed E-state index contributed by atoms with van der Waals surface area (Å²) in [6.45, 7) is 1.30. The molecule has 2 heterocycles. The fourth-order valence-corrected chi connectivity index (χ4v) is 2.99. The molecule has 2 amide bonds. The van der Waals surface area contributed by atoms with Crippen LogP contribution >= 0.6 is 11.8 Å². The number of ether oxygens (including phenoxy) is 1. The number of alkyl halides is 3. The molecule has 0 fully saturated rings. The van der Waals surface area contributed by atoms with Crippen LogP contribution in [0.4, 0.5) is 13.2 Å². The van der Waals surface area contributed by atoms with Gasteiger partial charge in [0.15, 0.2) is 5.17 Å². The first-order valence-corrected chi connectivity index (χ1v) is 8.27. The first kappa shape index (κ1) is 18.8. The molecular weight excluding hydrogens is 385 g/mol. The second kappa shape index (κ2) is 7.31. The molecule has 1 aliphatic rings. The Morgan fingerprint density at radius 3 is 2.56 bits per heavy atom. The molecule has 140 valence electrons. The van der Waals surface area contributed by atoms with Gasteiger partial charge in [-0.05, 0) is 48.2 Å². The van der Waals surface area contributed by atoms with E-state index in [0.717, 1.165) is 11.8 Å². The number of carbonyl (C=O) groups is 2. The van der Waals surface area contributed by atoms with Crippen molar-refractivity contribution in [2.45, 2.75) is 13.3 Å².